The van der Waals surface area contributed by atoms with Crippen LogP contribution in [0.3, 0.4) is 0 Å². The number of benzene rings is 1. The molecule has 3 rings (SSSR count). The van der Waals surface area contributed by atoms with Crippen molar-refractivity contribution in [1.29, 1.82) is 0 Å². The third-order valence-electron chi connectivity index (χ3n) is 4.13. The molecule has 1 aromatic heterocycles. The predicted molar refractivity (Wildman–Crippen MR) is 79.5 cm³/mol. The molecule has 0 aliphatic heterocycles. The molecule has 2 aromatic rings. The Morgan fingerprint density at radius 3 is 2.71 bits per heavy atom. The van der Waals surface area contributed by atoms with Crippen LogP contribution in [0.1, 0.15) is 44.0 Å². The van der Waals surface area contributed by atoms with E-state index in [0.29, 0.717) is 23.1 Å². The van der Waals surface area contributed by atoms with Crippen molar-refractivity contribution < 1.29 is 9.90 Å². The minimum Gasteiger partial charge on any atom is -0.481 e. The number of nitrogens with zero attached hydrogens (tertiary/aromatic N) is 2. The van der Waals surface area contributed by atoms with Crippen molar-refractivity contribution >= 4 is 16.9 Å². The Labute approximate surface area is 122 Å². The first-order valence-electron chi connectivity index (χ1n) is 7.39. The molecule has 1 aliphatic carbocycles. The third kappa shape index (κ3) is 2.68. The molecule has 1 aliphatic rings. The molecule has 0 saturated heterocycles. The van der Waals surface area contributed by atoms with Crippen molar-refractivity contribution in [3.05, 3.63) is 40.4 Å². The quantitative estimate of drug-likeness (QED) is 0.937. The van der Waals surface area contributed by atoms with Crippen LogP contribution >= 0.6 is 0 Å². The second-order valence-corrected chi connectivity index (χ2v) is 5.55. The lowest BCUT2D eigenvalue weighted by Gasteiger charge is -2.18. The number of rotatable bonds is 4. The molecule has 1 N–H and O–H groups in total. The second kappa shape index (κ2) is 5.68. The van der Waals surface area contributed by atoms with Crippen LogP contribution < -0.4 is 5.56 Å². The first-order valence-corrected chi connectivity index (χ1v) is 7.39. The van der Waals surface area contributed by atoms with Crippen LogP contribution in [0.5, 0.6) is 0 Å². The van der Waals surface area contributed by atoms with Crippen LogP contribution in [0.25, 0.3) is 10.9 Å². The summed E-state index contributed by atoms with van der Waals surface area (Å²) in [5.74, 6) is -0.261. The fourth-order valence-electron chi connectivity index (χ4n) is 3.13. The molecule has 0 bridgehead atoms. The van der Waals surface area contributed by atoms with Crippen LogP contribution in [0.15, 0.2) is 29.1 Å². The highest BCUT2D eigenvalue weighted by Gasteiger charge is 2.22. The fourth-order valence-corrected chi connectivity index (χ4v) is 3.13. The van der Waals surface area contributed by atoms with Crippen molar-refractivity contribution in [3.8, 4) is 0 Å². The minimum atomic E-state index is -0.865. The highest BCUT2D eigenvalue weighted by Crippen LogP contribution is 2.29. The molecule has 110 valence electrons. The first-order chi connectivity index (χ1) is 10.2. The number of carbonyl (C=O) groups is 1. The van der Waals surface area contributed by atoms with Gasteiger partial charge in [-0.25, -0.2) is 4.98 Å². The minimum absolute atomic E-state index is 0.00248. The van der Waals surface area contributed by atoms with Crippen molar-refractivity contribution in [1.82, 2.24) is 9.55 Å². The number of carboxylic acids is 1. The zero-order chi connectivity index (χ0) is 14.8. The highest BCUT2D eigenvalue weighted by molar-refractivity contribution is 5.77. The monoisotopic (exact) mass is 286 g/mol. The number of aliphatic carboxylic acids is 1. The van der Waals surface area contributed by atoms with Gasteiger partial charge in [-0.05, 0) is 25.0 Å². The molecule has 0 atom stereocenters. The lowest BCUT2D eigenvalue weighted by Crippen LogP contribution is -2.28. The van der Waals surface area contributed by atoms with Crippen molar-refractivity contribution in [2.45, 2.75) is 44.6 Å². The van der Waals surface area contributed by atoms with Gasteiger partial charge in [-0.3, -0.25) is 14.2 Å². The lowest BCUT2D eigenvalue weighted by molar-refractivity contribution is -0.137. The number of para-hydroxylation sites is 1. The Morgan fingerprint density at radius 2 is 2.00 bits per heavy atom. The molecule has 1 aromatic carbocycles. The molecule has 0 spiro atoms. The number of hydrogen-bond donors (Lipinski definition) is 1. The summed E-state index contributed by atoms with van der Waals surface area (Å²) in [7, 11) is 0. The maximum atomic E-state index is 12.8. The van der Waals surface area contributed by atoms with E-state index in [1.807, 2.05) is 12.1 Å². The Morgan fingerprint density at radius 1 is 1.29 bits per heavy atom. The molecular weight excluding hydrogens is 268 g/mol. The molecule has 21 heavy (non-hydrogen) atoms. The van der Waals surface area contributed by atoms with Crippen LogP contribution in [0.2, 0.25) is 0 Å². The average Bonchev–Trinajstić information content (AvgIpc) is 2.99. The summed E-state index contributed by atoms with van der Waals surface area (Å²) in [6.07, 6.45) is 4.47. The molecule has 0 amide bonds. The zero-order valence-corrected chi connectivity index (χ0v) is 11.8. The Balaban J connectivity index is 2.14. The van der Waals surface area contributed by atoms with Gasteiger partial charge in [-0.1, -0.05) is 25.0 Å². The maximum absolute atomic E-state index is 12.8. The van der Waals surface area contributed by atoms with Crippen molar-refractivity contribution in [3.63, 3.8) is 0 Å². The topological polar surface area (TPSA) is 72.2 Å². The summed E-state index contributed by atoms with van der Waals surface area (Å²) < 4.78 is 1.75. The Kier molecular flexibility index (Phi) is 3.73. The zero-order valence-electron chi connectivity index (χ0n) is 11.8. The molecule has 1 fully saturated rings. The summed E-state index contributed by atoms with van der Waals surface area (Å²) in [6.45, 7) is 0. The first kappa shape index (κ1) is 13.8. The second-order valence-electron chi connectivity index (χ2n) is 5.55. The maximum Gasteiger partial charge on any atom is 0.303 e. The molecular formula is C16H18N2O3. The van der Waals surface area contributed by atoms with Gasteiger partial charge in [-0.15, -0.1) is 0 Å². The summed E-state index contributed by atoms with van der Waals surface area (Å²) >= 11 is 0. The molecule has 0 radical (unpaired) electrons. The van der Waals surface area contributed by atoms with Gasteiger partial charge >= 0.3 is 5.97 Å². The van der Waals surface area contributed by atoms with E-state index in [2.05, 4.69) is 4.98 Å². The number of hydrogen-bond acceptors (Lipinski definition) is 3. The van der Waals surface area contributed by atoms with E-state index in [1.54, 1.807) is 16.7 Å². The highest BCUT2D eigenvalue weighted by atomic mass is 16.4. The van der Waals surface area contributed by atoms with E-state index in [9.17, 15) is 9.59 Å². The molecule has 1 heterocycles. The Hall–Kier alpha value is -2.17. The van der Waals surface area contributed by atoms with Crippen LogP contribution in [0.4, 0.5) is 0 Å². The van der Waals surface area contributed by atoms with E-state index in [4.69, 9.17) is 5.11 Å². The lowest BCUT2D eigenvalue weighted by atomic mass is 10.1. The molecule has 5 heteroatoms. The van der Waals surface area contributed by atoms with Crippen molar-refractivity contribution in [2.24, 2.45) is 0 Å². The average molecular weight is 286 g/mol. The van der Waals surface area contributed by atoms with Crippen LogP contribution in [-0.2, 0) is 11.2 Å². The molecule has 1 saturated carbocycles. The van der Waals surface area contributed by atoms with Gasteiger partial charge < -0.3 is 5.11 Å². The van der Waals surface area contributed by atoms with Gasteiger partial charge in [0, 0.05) is 12.5 Å². The number of fused-ring (bicyclic) bond motifs is 1. The van der Waals surface area contributed by atoms with E-state index >= 15 is 0 Å². The van der Waals surface area contributed by atoms with Gasteiger partial charge in [0.25, 0.3) is 5.56 Å². The normalized spacial score (nSPS) is 15.6. The van der Waals surface area contributed by atoms with E-state index in [1.165, 1.54) is 0 Å². The van der Waals surface area contributed by atoms with E-state index in [0.717, 1.165) is 25.7 Å². The molecule has 5 nitrogen and oxygen atoms in total. The number of carboxylic acid groups (broad SMARTS) is 1. The fraction of sp³-hybridized carbons (Fsp3) is 0.438. The Bertz CT molecular complexity index is 730. The summed E-state index contributed by atoms with van der Waals surface area (Å²) in [6, 6.07) is 7.44. The van der Waals surface area contributed by atoms with Crippen LogP contribution in [0, 0.1) is 0 Å². The SMILES string of the molecule is O=C(O)CCc1nc2ccccc2c(=O)n1C1CCCC1. The van der Waals surface area contributed by atoms with Gasteiger partial charge in [0.15, 0.2) is 0 Å². The molecule has 0 unspecified atom stereocenters. The van der Waals surface area contributed by atoms with Gasteiger partial charge in [0.05, 0.1) is 17.3 Å². The third-order valence-corrected chi connectivity index (χ3v) is 4.13. The summed E-state index contributed by atoms with van der Waals surface area (Å²) in [5, 5.41) is 9.51. The largest absolute Gasteiger partial charge is 0.481 e. The van der Waals surface area contributed by atoms with Crippen molar-refractivity contribution in [2.75, 3.05) is 0 Å². The van der Waals surface area contributed by atoms with Crippen LogP contribution in [-0.4, -0.2) is 20.6 Å². The van der Waals surface area contributed by atoms with Gasteiger partial charge in [0.1, 0.15) is 5.82 Å². The predicted octanol–water partition coefficient (Wildman–Crippen LogP) is 2.53. The van der Waals surface area contributed by atoms with Gasteiger partial charge in [0.2, 0.25) is 0 Å². The smallest absolute Gasteiger partial charge is 0.303 e. The number of aromatic nitrogens is 2. The van der Waals surface area contributed by atoms with Gasteiger partial charge in [-0.2, -0.15) is 0 Å². The summed E-state index contributed by atoms with van der Waals surface area (Å²) in [4.78, 5) is 28.1. The van der Waals surface area contributed by atoms with E-state index in [-0.39, 0.29) is 18.0 Å². The number of aryl methyl sites for hydroxylation is 1. The summed E-state index contributed by atoms with van der Waals surface area (Å²) in [5.41, 5.74) is 0.616. The van der Waals surface area contributed by atoms with E-state index < -0.39 is 5.97 Å². The standard InChI is InChI=1S/C16H18N2O3/c19-15(20)10-9-14-17-13-8-4-3-7-12(13)16(21)18(14)11-5-1-2-6-11/h3-4,7-8,11H,1-2,5-6,9-10H2,(H,19,20).